The molecule has 0 saturated carbocycles. The third-order valence-electron chi connectivity index (χ3n) is 2.48. The van der Waals surface area contributed by atoms with Gasteiger partial charge in [-0.15, -0.1) is 22.7 Å². The number of nitrogen functional groups attached to an aromatic ring is 1. The lowest BCUT2D eigenvalue weighted by Crippen LogP contribution is -1.92. The molecule has 0 fully saturated rings. The first kappa shape index (κ1) is 12.6. The van der Waals surface area contributed by atoms with E-state index in [4.69, 9.17) is 11.0 Å². The number of anilines is 1. The summed E-state index contributed by atoms with van der Waals surface area (Å²) in [6, 6.07) is 4.26. The van der Waals surface area contributed by atoms with Gasteiger partial charge in [0.2, 0.25) is 0 Å². The predicted molar refractivity (Wildman–Crippen MR) is 78.5 cm³/mol. The maximum atomic E-state index is 9.05. The van der Waals surface area contributed by atoms with Crippen LogP contribution in [0.25, 0.3) is 10.4 Å². The number of hydrogen-bond donors (Lipinski definition) is 1. The summed E-state index contributed by atoms with van der Waals surface area (Å²) in [6.07, 6.45) is 1.96. The summed E-state index contributed by atoms with van der Waals surface area (Å²) in [7, 11) is 0. The fourth-order valence-electron chi connectivity index (χ4n) is 1.72. The van der Waals surface area contributed by atoms with E-state index in [2.05, 4.69) is 40.4 Å². The smallest absolute Gasteiger partial charge is 0.128 e. The number of nitriles is 1. The monoisotopic (exact) mass is 326 g/mol. The van der Waals surface area contributed by atoms with Crippen molar-refractivity contribution < 1.29 is 0 Å². The minimum absolute atomic E-state index is 0.630. The van der Waals surface area contributed by atoms with Gasteiger partial charge < -0.3 is 5.73 Å². The Morgan fingerprint density at radius 3 is 2.82 bits per heavy atom. The molecule has 2 nitrogen and oxygen atoms in total. The van der Waals surface area contributed by atoms with E-state index in [0.717, 1.165) is 32.6 Å². The van der Waals surface area contributed by atoms with Crippen LogP contribution in [-0.2, 0) is 6.42 Å². The van der Waals surface area contributed by atoms with Gasteiger partial charge in [-0.2, -0.15) is 5.26 Å². The van der Waals surface area contributed by atoms with Crippen LogP contribution in [-0.4, -0.2) is 0 Å². The number of halogens is 1. The van der Waals surface area contributed by atoms with E-state index in [1.807, 2.05) is 0 Å². The Kier molecular flexibility index (Phi) is 3.87. The van der Waals surface area contributed by atoms with E-state index in [1.165, 1.54) is 11.3 Å². The van der Waals surface area contributed by atoms with Crippen LogP contribution in [0.5, 0.6) is 0 Å². The Morgan fingerprint density at radius 2 is 2.29 bits per heavy atom. The predicted octanol–water partition coefficient (Wildman–Crippen LogP) is 4.65. The molecule has 0 aliphatic heterocycles. The SMILES string of the molecule is CCCc1c(-c2csc(Br)c2)sc(C#N)c1N. The number of rotatable bonds is 3. The van der Waals surface area contributed by atoms with Crippen molar-refractivity contribution in [3.8, 4) is 16.5 Å². The Morgan fingerprint density at radius 1 is 1.53 bits per heavy atom. The van der Waals surface area contributed by atoms with Crippen LogP contribution in [0.3, 0.4) is 0 Å². The Bertz CT molecular complexity index is 578. The minimum atomic E-state index is 0.630. The van der Waals surface area contributed by atoms with Gasteiger partial charge in [-0.25, -0.2) is 0 Å². The van der Waals surface area contributed by atoms with Gasteiger partial charge in [0.1, 0.15) is 10.9 Å². The zero-order valence-electron chi connectivity index (χ0n) is 9.29. The lowest BCUT2D eigenvalue weighted by atomic mass is 10.1. The molecule has 0 spiro atoms. The minimum Gasteiger partial charge on any atom is -0.397 e. The van der Waals surface area contributed by atoms with Crippen LogP contribution in [0.4, 0.5) is 5.69 Å². The van der Waals surface area contributed by atoms with Crippen molar-refractivity contribution in [2.24, 2.45) is 0 Å². The van der Waals surface area contributed by atoms with Gasteiger partial charge in [0.05, 0.1) is 9.47 Å². The first-order valence-electron chi connectivity index (χ1n) is 5.23. The summed E-state index contributed by atoms with van der Waals surface area (Å²) in [5.41, 5.74) is 8.97. The van der Waals surface area contributed by atoms with Crippen molar-refractivity contribution in [3.05, 3.63) is 25.7 Å². The molecule has 88 valence electrons. The van der Waals surface area contributed by atoms with E-state index < -0.39 is 0 Å². The van der Waals surface area contributed by atoms with Crippen LogP contribution < -0.4 is 5.73 Å². The number of thiophene rings is 2. The number of nitrogens with zero attached hydrogens (tertiary/aromatic N) is 1. The molecule has 2 N–H and O–H groups in total. The fraction of sp³-hybridized carbons (Fsp3) is 0.250. The Hall–Kier alpha value is -0.830. The standard InChI is InChI=1S/C12H11BrN2S2/c1-2-3-8-11(15)9(5-14)17-12(8)7-4-10(13)16-6-7/h4,6H,2-3,15H2,1H3. The van der Waals surface area contributed by atoms with Gasteiger partial charge in [-0.05, 0) is 34.0 Å². The van der Waals surface area contributed by atoms with Crippen LogP contribution in [0, 0.1) is 11.3 Å². The zero-order valence-corrected chi connectivity index (χ0v) is 12.5. The summed E-state index contributed by atoms with van der Waals surface area (Å²) >= 11 is 6.60. The first-order chi connectivity index (χ1) is 8.17. The lowest BCUT2D eigenvalue weighted by Gasteiger charge is -2.01. The maximum Gasteiger partial charge on any atom is 0.128 e. The Labute approximate surface area is 117 Å². The van der Waals surface area contributed by atoms with E-state index in [-0.39, 0.29) is 0 Å². The van der Waals surface area contributed by atoms with Crippen LogP contribution in [0.1, 0.15) is 23.8 Å². The van der Waals surface area contributed by atoms with E-state index in [0.29, 0.717) is 10.6 Å². The molecule has 0 aromatic carbocycles. The topological polar surface area (TPSA) is 49.8 Å². The van der Waals surface area contributed by atoms with Gasteiger partial charge in [-0.1, -0.05) is 13.3 Å². The van der Waals surface area contributed by atoms with E-state index in [9.17, 15) is 0 Å². The molecule has 2 aromatic heterocycles. The van der Waals surface area contributed by atoms with Crippen molar-refractivity contribution in [1.82, 2.24) is 0 Å². The Balaban J connectivity index is 2.57. The molecule has 0 atom stereocenters. The fourth-order valence-corrected chi connectivity index (χ4v) is 4.00. The average molecular weight is 327 g/mol. The molecule has 0 unspecified atom stereocenters. The summed E-state index contributed by atoms with van der Waals surface area (Å²) in [5, 5.41) is 11.1. The highest BCUT2D eigenvalue weighted by atomic mass is 79.9. The lowest BCUT2D eigenvalue weighted by molar-refractivity contribution is 0.930. The maximum absolute atomic E-state index is 9.05. The van der Waals surface area contributed by atoms with Crippen LogP contribution >= 0.6 is 38.6 Å². The molecule has 2 rings (SSSR count). The second-order valence-electron chi connectivity index (χ2n) is 3.65. The molecule has 0 amide bonds. The normalized spacial score (nSPS) is 10.4. The molecular weight excluding hydrogens is 316 g/mol. The number of nitrogens with two attached hydrogens (primary N) is 1. The van der Waals surface area contributed by atoms with E-state index in [1.54, 1.807) is 11.3 Å². The molecule has 0 radical (unpaired) electrons. The third kappa shape index (κ3) is 2.39. The third-order valence-corrected chi connectivity index (χ3v) is 5.19. The molecule has 5 heteroatoms. The zero-order chi connectivity index (χ0) is 12.4. The van der Waals surface area contributed by atoms with Crippen molar-refractivity contribution in [1.29, 1.82) is 5.26 Å². The molecule has 2 heterocycles. The summed E-state index contributed by atoms with van der Waals surface area (Å²) < 4.78 is 1.10. The van der Waals surface area contributed by atoms with Gasteiger partial charge in [0.25, 0.3) is 0 Å². The molecule has 0 saturated heterocycles. The molecule has 0 aliphatic carbocycles. The highest BCUT2D eigenvalue weighted by Gasteiger charge is 2.17. The van der Waals surface area contributed by atoms with Crippen molar-refractivity contribution in [2.75, 3.05) is 5.73 Å². The highest BCUT2D eigenvalue weighted by molar-refractivity contribution is 9.11. The second-order valence-corrected chi connectivity index (χ2v) is 6.96. The van der Waals surface area contributed by atoms with Crippen LogP contribution in [0.15, 0.2) is 15.2 Å². The van der Waals surface area contributed by atoms with Crippen LogP contribution in [0.2, 0.25) is 0 Å². The number of hydrogen-bond acceptors (Lipinski definition) is 4. The van der Waals surface area contributed by atoms with E-state index >= 15 is 0 Å². The second kappa shape index (κ2) is 5.21. The van der Waals surface area contributed by atoms with Gasteiger partial charge in [0.15, 0.2) is 0 Å². The molecule has 17 heavy (non-hydrogen) atoms. The summed E-state index contributed by atoms with van der Waals surface area (Å²) in [5.74, 6) is 0. The average Bonchev–Trinajstić information content (AvgIpc) is 2.85. The van der Waals surface area contributed by atoms with Crippen molar-refractivity contribution in [2.45, 2.75) is 19.8 Å². The van der Waals surface area contributed by atoms with Crippen molar-refractivity contribution >= 4 is 44.3 Å². The largest absolute Gasteiger partial charge is 0.397 e. The molecule has 0 bridgehead atoms. The van der Waals surface area contributed by atoms with Gasteiger partial charge >= 0.3 is 0 Å². The van der Waals surface area contributed by atoms with Crippen molar-refractivity contribution in [3.63, 3.8) is 0 Å². The molecular formula is C12H11BrN2S2. The first-order valence-corrected chi connectivity index (χ1v) is 7.72. The molecule has 2 aromatic rings. The molecule has 0 aliphatic rings. The summed E-state index contributed by atoms with van der Waals surface area (Å²) in [4.78, 5) is 1.77. The quantitative estimate of drug-likeness (QED) is 0.892. The van der Waals surface area contributed by atoms with Gasteiger partial charge in [0, 0.05) is 15.8 Å². The van der Waals surface area contributed by atoms with Gasteiger partial charge in [-0.3, -0.25) is 0 Å². The summed E-state index contributed by atoms with van der Waals surface area (Å²) in [6.45, 7) is 2.12. The highest BCUT2D eigenvalue weighted by Crippen LogP contribution is 2.41.